The van der Waals surface area contributed by atoms with Crippen LogP contribution in [-0.2, 0) is 4.79 Å². The van der Waals surface area contributed by atoms with Gasteiger partial charge in [0.1, 0.15) is 0 Å². The summed E-state index contributed by atoms with van der Waals surface area (Å²) in [4.78, 5) is 10.7. The van der Waals surface area contributed by atoms with Crippen molar-refractivity contribution in [1.29, 1.82) is 0 Å². The minimum atomic E-state index is -0.262. The number of nitrogens with one attached hydrogen (secondary N) is 2. The second-order valence-electron chi connectivity index (χ2n) is 3.30. The number of rotatable bonds is 4. The zero-order valence-corrected chi connectivity index (χ0v) is 7.34. The molecule has 12 heavy (non-hydrogen) atoms. The number of hydrogen-bond donors (Lipinski definition) is 3. The highest BCUT2D eigenvalue weighted by molar-refractivity contribution is 5.78. The lowest BCUT2D eigenvalue weighted by molar-refractivity contribution is -0.119. The highest BCUT2D eigenvalue weighted by Gasteiger charge is 2.20. The molecule has 1 rings (SSSR count). The highest BCUT2D eigenvalue weighted by Crippen LogP contribution is 1.99. The third-order valence-electron chi connectivity index (χ3n) is 1.97. The van der Waals surface area contributed by atoms with Crippen LogP contribution in [0, 0.1) is 0 Å². The predicted octanol–water partition coefficient (Wildman–Crippen LogP) is -0.765. The first-order valence-electron chi connectivity index (χ1n) is 4.36. The van der Waals surface area contributed by atoms with Crippen molar-refractivity contribution in [1.82, 2.24) is 10.6 Å². The summed E-state index contributed by atoms with van der Waals surface area (Å²) in [5.41, 5.74) is 0. The van der Waals surface area contributed by atoms with E-state index in [0.717, 1.165) is 19.5 Å². The maximum atomic E-state index is 10.7. The third-order valence-corrected chi connectivity index (χ3v) is 1.97. The summed E-state index contributed by atoms with van der Waals surface area (Å²) in [6.45, 7) is 3.26. The van der Waals surface area contributed by atoms with Crippen LogP contribution in [0.1, 0.15) is 19.8 Å². The van der Waals surface area contributed by atoms with Gasteiger partial charge < -0.3 is 15.7 Å². The zero-order valence-electron chi connectivity index (χ0n) is 7.34. The molecular formula is C8H16N2O2. The molecule has 1 saturated heterocycles. The van der Waals surface area contributed by atoms with E-state index >= 15 is 0 Å². The van der Waals surface area contributed by atoms with Crippen molar-refractivity contribution in [3.05, 3.63) is 0 Å². The average Bonchev–Trinajstić information content (AvgIpc) is 2.35. The van der Waals surface area contributed by atoms with Gasteiger partial charge in [-0.2, -0.15) is 0 Å². The van der Waals surface area contributed by atoms with E-state index in [1.807, 2.05) is 0 Å². The van der Waals surface area contributed by atoms with Gasteiger partial charge in [0.25, 0.3) is 0 Å². The van der Waals surface area contributed by atoms with E-state index < -0.39 is 0 Å². The molecule has 0 bridgehead atoms. The van der Waals surface area contributed by atoms with Crippen molar-refractivity contribution in [2.24, 2.45) is 0 Å². The SMILES string of the molecule is CC(O)CCNC1CNC(=O)C1. The molecule has 2 unspecified atom stereocenters. The molecule has 0 aromatic carbocycles. The topological polar surface area (TPSA) is 61.4 Å². The molecule has 0 radical (unpaired) electrons. The molecule has 0 saturated carbocycles. The molecule has 0 aliphatic carbocycles. The van der Waals surface area contributed by atoms with Gasteiger partial charge in [-0.15, -0.1) is 0 Å². The normalized spacial score (nSPS) is 25.5. The smallest absolute Gasteiger partial charge is 0.221 e. The Bertz CT molecular complexity index is 159. The van der Waals surface area contributed by atoms with Crippen LogP contribution in [-0.4, -0.2) is 36.2 Å². The number of carbonyl (C=O) groups excluding carboxylic acids is 1. The lowest BCUT2D eigenvalue weighted by atomic mass is 10.2. The number of amides is 1. The Balaban J connectivity index is 2.04. The monoisotopic (exact) mass is 172 g/mol. The Hall–Kier alpha value is -0.610. The molecule has 4 heteroatoms. The first kappa shape index (κ1) is 9.48. The molecule has 2 atom stereocenters. The van der Waals surface area contributed by atoms with Crippen molar-refractivity contribution < 1.29 is 9.90 Å². The van der Waals surface area contributed by atoms with E-state index in [1.165, 1.54) is 0 Å². The number of aliphatic hydroxyl groups excluding tert-OH is 1. The number of hydrogen-bond acceptors (Lipinski definition) is 3. The second-order valence-corrected chi connectivity index (χ2v) is 3.30. The van der Waals surface area contributed by atoms with E-state index in [4.69, 9.17) is 5.11 Å². The predicted molar refractivity (Wildman–Crippen MR) is 45.7 cm³/mol. The van der Waals surface area contributed by atoms with Crippen molar-refractivity contribution in [2.45, 2.75) is 31.9 Å². The molecule has 70 valence electrons. The summed E-state index contributed by atoms with van der Waals surface area (Å²) in [7, 11) is 0. The summed E-state index contributed by atoms with van der Waals surface area (Å²) in [6.07, 6.45) is 1.05. The van der Waals surface area contributed by atoms with Crippen LogP contribution in [0.4, 0.5) is 0 Å². The lowest BCUT2D eigenvalue weighted by Crippen LogP contribution is -2.32. The summed E-state index contributed by atoms with van der Waals surface area (Å²) in [6, 6.07) is 0.260. The fourth-order valence-corrected chi connectivity index (χ4v) is 1.25. The van der Waals surface area contributed by atoms with Crippen LogP contribution in [0.5, 0.6) is 0 Å². The van der Waals surface area contributed by atoms with Crippen LogP contribution >= 0.6 is 0 Å². The summed E-state index contributed by atoms with van der Waals surface area (Å²) < 4.78 is 0. The molecule has 4 nitrogen and oxygen atoms in total. The molecule has 1 heterocycles. The summed E-state index contributed by atoms with van der Waals surface area (Å²) in [5, 5.41) is 14.9. The maximum absolute atomic E-state index is 10.7. The van der Waals surface area contributed by atoms with Crippen molar-refractivity contribution >= 4 is 5.91 Å². The largest absolute Gasteiger partial charge is 0.393 e. The van der Waals surface area contributed by atoms with E-state index in [-0.39, 0.29) is 18.1 Å². The molecule has 0 spiro atoms. The Morgan fingerprint density at radius 2 is 2.58 bits per heavy atom. The first-order chi connectivity index (χ1) is 5.68. The average molecular weight is 172 g/mol. The van der Waals surface area contributed by atoms with Gasteiger partial charge in [-0.25, -0.2) is 0 Å². The minimum absolute atomic E-state index is 0.115. The number of carbonyl (C=O) groups is 1. The molecular weight excluding hydrogens is 156 g/mol. The fourth-order valence-electron chi connectivity index (χ4n) is 1.25. The number of aliphatic hydroxyl groups is 1. The first-order valence-corrected chi connectivity index (χ1v) is 4.36. The van der Waals surface area contributed by atoms with Gasteiger partial charge in [-0.05, 0) is 19.9 Å². The molecule has 1 fully saturated rings. The standard InChI is InChI=1S/C8H16N2O2/c1-6(11)2-3-9-7-4-8(12)10-5-7/h6-7,9,11H,2-5H2,1H3,(H,10,12). The Morgan fingerprint density at radius 1 is 1.83 bits per heavy atom. The second kappa shape index (κ2) is 4.42. The van der Waals surface area contributed by atoms with E-state index in [9.17, 15) is 4.79 Å². The van der Waals surface area contributed by atoms with Crippen molar-refractivity contribution in [3.8, 4) is 0 Å². The molecule has 0 aromatic heterocycles. The molecule has 0 aromatic rings. The summed E-state index contributed by atoms with van der Waals surface area (Å²) >= 11 is 0. The van der Waals surface area contributed by atoms with Gasteiger partial charge in [-0.3, -0.25) is 4.79 Å². The van der Waals surface area contributed by atoms with E-state index in [1.54, 1.807) is 6.92 Å². The Kier molecular flexibility index (Phi) is 3.49. The molecule has 3 N–H and O–H groups in total. The quantitative estimate of drug-likeness (QED) is 0.522. The van der Waals surface area contributed by atoms with Crippen LogP contribution in [0.3, 0.4) is 0 Å². The van der Waals surface area contributed by atoms with Gasteiger partial charge >= 0.3 is 0 Å². The Morgan fingerprint density at radius 3 is 3.08 bits per heavy atom. The molecule has 1 aliphatic heterocycles. The zero-order chi connectivity index (χ0) is 8.97. The van der Waals surface area contributed by atoms with Crippen LogP contribution in [0.2, 0.25) is 0 Å². The maximum Gasteiger partial charge on any atom is 0.221 e. The minimum Gasteiger partial charge on any atom is -0.393 e. The van der Waals surface area contributed by atoms with Crippen LogP contribution in [0.25, 0.3) is 0 Å². The fraction of sp³-hybridized carbons (Fsp3) is 0.875. The molecule has 1 aliphatic rings. The van der Waals surface area contributed by atoms with E-state index in [0.29, 0.717) is 6.42 Å². The summed E-state index contributed by atoms with van der Waals surface area (Å²) in [5.74, 6) is 0.115. The van der Waals surface area contributed by atoms with Crippen molar-refractivity contribution in [2.75, 3.05) is 13.1 Å². The van der Waals surface area contributed by atoms with Crippen molar-refractivity contribution in [3.63, 3.8) is 0 Å². The Labute approximate surface area is 72.3 Å². The third kappa shape index (κ3) is 3.19. The van der Waals surface area contributed by atoms with Gasteiger partial charge in [0.15, 0.2) is 0 Å². The highest BCUT2D eigenvalue weighted by atomic mass is 16.3. The molecule has 1 amide bonds. The lowest BCUT2D eigenvalue weighted by Gasteiger charge is -2.10. The van der Waals surface area contributed by atoms with Crippen LogP contribution in [0.15, 0.2) is 0 Å². The van der Waals surface area contributed by atoms with Crippen LogP contribution < -0.4 is 10.6 Å². The van der Waals surface area contributed by atoms with Gasteiger partial charge in [-0.1, -0.05) is 0 Å². The van der Waals surface area contributed by atoms with Gasteiger partial charge in [0.05, 0.1) is 6.10 Å². The van der Waals surface area contributed by atoms with Gasteiger partial charge in [0, 0.05) is 19.0 Å². The van der Waals surface area contributed by atoms with E-state index in [2.05, 4.69) is 10.6 Å². The van der Waals surface area contributed by atoms with Gasteiger partial charge in [0.2, 0.25) is 5.91 Å².